The molecule has 1 heterocycles. The molecule has 0 aliphatic rings. The average Bonchev–Trinajstić information content (AvgIpc) is 2.30. The van der Waals surface area contributed by atoms with E-state index >= 15 is 0 Å². The predicted molar refractivity (Wildman–Crippen MR) is 47.9 cm³/mol. The number of nitrogens with one attached hydrogen (secondary N) is 1. The van der Waals surface area contributed by atoms with Crippen molar-refractivity contribution in [3.05, 3.63) is 9.61 Å². The number of anilines is 1. The Bertz CT molecular complexity index is 285. The highest BCUT2D eigenvalue weighted by Gasteiger charge is 2.12. The number of thiazole rings is 1. The van der Waals surface area contributed by atoms with E-state index in [0.717, 1.165) is 0 Å². The Morgan fingerprint density at radius 3 is 2.82 bits per heavy atom. The molecule has 0 saturated carbocycles. The van der Waals surface area contributed by atoms with E-state index in [-0.39, 0.29) is 5.69 Å². The maximum atomic E-state index is 10.7. The number of hydrogen-bond donors (Lipinski definition) is 2. The van der Waals surface area contributed by atoms with E-state index in [1.165, 1.54) is 11.3 Å². The van der Waals surface area contributed by atoms with E-state index in [0.29, 0.717) is 8.92 Å². The molecule has 0 aromatic carbocycles. The van der Waals surface area contributed by atoms with Gasteiger partial charge in [0.05, 0.1) is 0 Å². The van der Waals surface area contributed by atoms with Gasteiger partial charge in [0.2, 0.25) is 0 Å². The summed E-state index contributed by atoms with van der Waals surface area (Å²) < 4.78 is 0.649. The van der Waals surface area contributed by atoms with Gasteiger partial charge in [-0.05, 0) is 15.9 Å². The lowest BCUT2D eigenvalue weighted by molar-refractivity contribution is 0.0997. The van der Waals surface area contributed by atoms with Crippen molar-refractivity contribution in [2.45, 2.75) is 0 Å². The smallest absolute Gasteiger partial charge is 0.270 e. The van der Waals surface area contributed by atoms with Gasteiger partial charge in [-0.2, -0.15) is 0 Å². The Kier molecular flexibility index (Phi) is 2.45. The van der Waals surface area contributed by atoms with Crippen molar-refractivity contribution in [1.82, 2.24) is 4.98 Å². The van der Waals surface area contributed by atoms with E-state index in [1.54, 1.807) is 7.05 Å². The molecule has 6 heteroatoms. The van der Waals surface area contributed by atoms with Crippen LogP contribution in [0.5, 0.6) is 0 Å². The normalized spacial score (nSPS) is 9.64. The summed E-state index contributed by atoms with van der Waals surface area (Å²) in [6.07, 6.45) is 0. The monoisotopic (exact) mass is 235 g/mol. The molecule has 0 bridgehead atoms. The molecule has 0 atom stereocenters. The van der Waals surface area contributed by atoms with Gasteiger partial charge in [-0.3, -0.25) is 4.79 Å². The fourth-order valence-corrected chi connectivity index (χ4v) is 1.94. The molecule has 1 amide bonds. The third-order valence-electron chi connectivity index (χ3n) is 1.06. The molecule has 0 radical (unpaired) electrons. The second kappa shape index (κ2) is 3.19. The zero-order chi connectivity index (χ0) is 8.43. The van der Waals surface area contributed by atoms with Gasteiger partial charge in [0.1, 0.15) is 5.00 Å². The summed E-state index contributed by atoms with van der Waals surface area (Å²) in [5.74, 6) is -0.517. The lowest BCUT2D eigenvalue weighted by Gasteiger charge is -1.93. The fourth-order valence-electron chi connectivity index (χ4n) is 0.630. The highest BCUT2D eigenvalue weighted by Crippen LogP contribution is 2.27. The molecule has 11 heavy (non-hydrogen) atoms. The summed E-state index contributed by atoms with van der Waals surface area (Å²) in [5, 5.41) is 3.51. The molecule has 0 aliphatic carbocycles. The van der Waals surface area contributed by atoms with Crippen molar-refractivity contribution in [2.24, 2.45) is 5.73 Å². The highest BCUT2D eigenvalue weighted by atomic mass is 79.9. The Morgan fingerprint density at radius 2 is 2.45 bits per heavy atom. The zero-order valence-electron chi connectivity index (χ0n) is 5.72. The van der Waals surface area contributed by atoms with Crippen LogP contribution in [0, 0.1) is 0 Å². The first-order valence-electron chi connectivity index (χ1n) is 2.79. The number of aromatic nitrogens is 1. The highest BCUT2D eigenvalue weighted by molar-refractivity contribution is 9.11. The maximum absolute atomic E-state index is 10.7. The Morgan fingerprint density at radius 1 is 1.82 bits per heavy atom. The molecule has 0 saturated heterocycles. The topological polar surface area (TPSA) is 68.0 Å². The number of primary amides is 1. The Balaban J connectivity index is 3.12. The van der Waals surface area contributed by atoms with Gasteiger partial charge in [-0.15, -0.1) is 0 Å². The van der Waals surface area contributed by atoms with Crippen LogP contribution in [-0.4, -0.2) is 17.9 Å². The molecule has 1 rings (SSSR count). The van der Waals surface area contributed by atoms with Crippen LogP contribution in [0.2, 0.25) is 0 Å². The van der Waals surface area contributed by atoms with Crippen LogP contribution in [0.4, 0.5) is 5.00 Å². The van der Waals surface area contributed by atoms with Crippen molar-refractivity contribution >= 4 is 38.2 Å². The van der Waals surface area contributed by atoms with Crippen molar-refractivity contribution < 1.29 is 4.79 Å². The van der Waals surface area contributed by atoms with Gasteiger partial charge in [0.15, 0.2) is 9.61 Å². The summed E-state index contributed by atoms with van der Waals surface area (Å²) in [4.78, 5) is 14.6. The van der Waals surface area contributed by atoms with E-state index in [4.69, 9.17) is 5.73 Å². The second-order valence-corrected chi connectivity index (χ2v) is 4.03. The molecule has 0 fully saturated rings. The molecule has 4 nitrogen and oxygen atoms in total. The SMILES string of the molecule is CNc1sc(Br)nc1C(N)=O. The van der Waals surface area contributed by atoms with Crippen molar-refractivity contribution in [3.63, 3.8) is 0 Å². The third-order valence-corrected chi connectivity index (χ3v) is 2.59. The van der Waals surface area contributed by atoms with Crippen LogP contribution in [0.25, 0.3) is 0 Å². The molecule has 3 N–H and O–H groups in total. The minimum atomic E-state index is -0.517. The van der Waals surface area contributed by atoms with Crippen LogP contribution < -0.4 is 11.1 Å². The summed E-state index contributed by atoms with van der Waals surface area (Å²) >= 11 is 4.49. The molecule has 0 spiro atoms. The quantitative estimate of drug-likeness (QED) is 0.806. The maximum Gasteiger partial charge on any atom is 0.270 e. The standard InChI is InChI=1S/C5H6BrN3OS/c1-8-4-2(3(7)10)9-5(6)11-4/h8H,1H3,(H2,7,10). The van der Waals surface area contributed by atoms with E-state index < -0.39 is 5.91 Å². The van der Waals surface area contributed by atoms with Gasteiger partial charge < -0.3 is 11.1 Å². The van der Waals surface area contributed by atoms with Gasteiger partial charge in [-0.25, -0.2) is 4.98 Å². The molecular formula is C5H6BrN3OS. The summed E-state index contributed by atoms with van der Waals surface area (Å²) in [6.45, 7) is 0. The minimum Gasteiger partial charge on any atom is -0.378 e. The van der Waals surface area contributed by atoms with E-state index in [1.807, 2.05) is 0 Å². The largest absolute Gasteiger partial charge is 0.378 e. The Hall–Kier alpha value is -0.620. The first-order chi connectivity index (χ1) is 5.15. The summed E-state index contributed by atoms with van der Waals surface area (Å²) in [6, 6.07) is 0. The van der Waals surface area contributed by atoms with Crippen LogP contribution in [0.3, 0.4) is 0 Å². The van der Waals surface area contributed by atoms with Crippen LogP contribution in [0.1, 0.15) is 10.5 Å². The first kappa shape index (κ1) is 8.48. The number of amides is 1. The summed E-state index contributed by atoms with van der Waals surface area (Å²) in [5.41, 5.74) is 5.33. The number of carbonyl (C=O) groups excluding carboxylic acids is 1. The minimum absolute atomic E-state index is 0.282. The van der Waals surface area contributed by atoms with Crippen molar-refractivity contribution in [3.8, 4) is 0 Å². The predicted octanol–water partition coefficient (Wildman–Crippen LogP) is 1.05. The Labute approximate surface area is 75.9 Å². The molecule has 0 unspecified atom stereocenters. The lowest BCUT2D eigenvalue weighted by atomic mass is 10.4. The summed E-state index contributed by atoms with van der Waals surface area (Å²) in [7, 11) is 1.71. The second-order valence-electron chi connectivity index (χ2n) is 1.76. The van der Waals surface area contributed by atoms with Crippen molar-refractivity contribution in [2.75, 3.05) is 12.4 Å². The van der Waals surface area contributed by atoms with Gasteiger partial charge in [-0.1, -0.05) is 11.3 Å². The number of nitrogens with two attached hydrogens (primary N) is 1. The van der Waals surface area contributed by atoms with E-state index in [9.17, 15) is 4.79 Å². The van der Waals surface area contributed by atoms with Gasteiger partial charge in [0, 0.05) is 7.05 Å². The van der Waals surface area contributed by atoms with Crippen LogP contribution in [-0.2, 0) is 0 Å². The average molecular weight is 236 g/mol. The first-order valence-corrected chi connectivity index (χ1v) is 4.40. The molecule has 60 valence electrons. The van der Waals surface area contributed by atoms with Crippen LogP contribution in [0.15, 0.2) is 3.92 Å². The van der Waals surface area contributed by atoms with Gasteiger partial charge in [0.25, 0.3) is 5.91 Å². The van der Waals surface area contributed by atoms with Gasteiger partial charge >= 0.3 is 0 Å². The van der Waals surface area contributed by atoms with Crippen molar-refractivity contribution in [1.29, 1.82) is 0 Å². The zero-order valence-corrected chi connectivity index (χ0v) is 8.12. The molecule has 1 aromatic heterocycles. The number of hydrogen-bond acceptors (Lipinski definition) is 4. The third kappa shape index (κ3) is 1.69. The van der Waals surface area contributed by atoms with E-state index in [2.05, 4.69) is 26.2 Å². The number of carbonyl (C=O) groups is 1. The number of rotatable bonds is 2. The van der Waals surface area contributed by atoms with Crippen LogP contribution >= 0.6 is 27.3 Å². The fraction of sp³-hybridized carbons (Fsp3) is 0.200. The number of halogens is 1. The molecule has 0 aliphatic heterocycles. The number of nitrogens with zero attached hydrogens (tertiary/aromatic N) is 1. The lowest BCUT2D eigenvalue weighted by Crippen LogP contribution is -2.13. The molecular weight excluding hydrogens is 230 g/mol. The molecule has 1 aromatic rings.